The van der Waals surface area contributed by atoms with Crippen molar-refractivity contribution in [2.45, 2.75) is 44.1 Å². The van der Waals surface area contributed by atoms with Crippen molar-refractivity contribution in [2.75, 3.05) is 14.2 Å². The third kappa shape index (κ3) is 2.78. The number of Topliss-reactive ketones (excluding diaryl/α,β-unsaturated/α-hetero) is 1. The van der Waals surface area contributed by atoms with E-state index in [9.17, 15) is 15.0 Å². The van der Waals surface area contributed by atoms with Gasteiger partial charge in [-0.2, -0.15) is 0 Å². The van der Waals surface area contributed by atoms with Crippen LogP contribution in [0.25, 0.3) is 0 Å². The number of hydrogen-bond donors (Lipinski definition) is 2. The molecule has 0 aromatic rings. The standard InChI is InChI=1S/C10H18O6/c1-5(11)4-6-9(14-2)7(12)8(13)10(15-3)16-6/h6-10,12-13H,4H2,1-3H3. The number of methoxy groups -OCH3 is 2. The SMILES string of the molecule is COC1OC(CC(C)=O)C(OC)C(O)C1O. The second-order valence-corrected chi connectivity index (χ2v) is 3.87. The molecule has 2 N–H and O–H groups in total. The van der Waals surface area contributed by atoms with E-state index in [1.165, 1.54) is 21.1 Å². The fraction of sp³-hybridized carbons (Fsp3) is 0.900. The summed E-state index contributed by atoms with van der Waals surface area (Å²) in [6.45, 7) is 1.43. The van der Waals surface area contributed by atoms with Crippen molar-refractivity contribution >= 4 is 5.78 Å². The summed E-state index contributed by atoms with van der Waals surface area (Å²) in [5.74, 6) is -0.0782. The Morgan fingerprint density at radius 2 is 1.88 bits per heavy atom. The number of carbonyl (C=O) groups is 1. The van der Waals surface area contributed by atoms with Gasteiger partial charge in [-0.25, -0.2) is 0 Å². The van der Waals surface area contributed by atoms with Gasteiger partial charge in [-0.15, -0.1) is 0 Å². The van der Waals surface area contributed by atoms with Gasteiger partial charge < -0.3 is 24.4 Å². The Morgan fingerprint density at radius 3 is 2.31 bits per heavy atom. The van der Waals surface area contributed by atoms with Crippen LogP contribution in [0.2, 0.25) is 0 Å². The third-order valence-electron chi connectivity index (χ3n) is 2.63. The van der Waals surface area contributed by atoms with Crippen LogP contribution < -0.4 is 0 Å². The van der Waals surface area contributed by atoms with Gasteiger partial charge >= 0.3 is 0 Å². The highest BCUT2D eigenvalue weighted by Crippen LogP contribution is 2.25. The second kappa shape index (κ2) is 5.70. The molecule has 0 radical (unpaired) electrons. The maximum atomic E-state index is 11.0. The smallest absolute Gasteiger partial charge is 0.186 e. The first-order valence-corrected chi connectivity index (χ1v) is 5.07. The number of ketones is 1. The lowest BCUT2D eigenvalue weighted by molar-refractivity contribution is -0.293. The van der Waals surface area contributed by atoms with Crippen LogP contribution in [0.3, 0.4) is 0 Å². The number of hydrogen-bond acceptors (Lipinski definition) is 6. The predicted molar refractivity (Wildman–Crippen MR) is 53.8 cm³/mol. The molecule has 0 aliphatic carbocycles. The molecule has 0 amide bonds. The van der Waals surface area contributed by atoms with Crippen molar-refractivity contribution in [2.24, 2.45) is 0 Å². The Balaban J connectivity index is 2.77. The van der Waals surface area contributed by atoms with E-state index < -0.39 is 30.7 Å². The molecule has 1 saturated heterocycles. The first-order chi connectivity index (χ1) is 7.51. The highest BCUT2D eigenvalue weighted by Gasteiger charge is 2.45. The van der Waals surface area contributed by atoms with Crippen molar-refractivity contribution in [3.63, 3.8) is 0 Å². The zero-order chi connectivity index (χ0) is 12.3. The Labute approximate surface area is 94.1 Å². The highest BCUT2D eigenvalue weighted by atomic mass is 16.7. The van der Waals surface area contributed by atoms with Gasteiger partial charge in [-0.3, -0.25) is 4.79 Å². The molecule has 5 atom stereocenters. The molecule has 0 aromatic carbocycles. The van der Waals surface area contributed by atoms with E-state index in [0.717, 1.165) is 0 Å². The Bertz CT molecular complexity index is 243. The van der Waals surface area contributed by atoms with E-state index in [1.807, 2.05) is 0 Å². The summed E-state index contributed by atoms with van der Waals surface area (Å²) in [7, 11) is 2.75. The van der Waals surface area contributed by atoms with Crippen LogP contribution >= 0.6 is 0 Å². The maximum Gasteiger partial charge on any atom is 0.186 e. The number of carbonyl (C=O) groups excluding carboxylic acids is 1. The lowest BCUT2D eigenvalue weighted by Crippen LogP contribution is -2.58. The van der Waals surface area contributed by atoms with E-state index in [-0.39, 0.29) is 12.2 Å². The molecule has 5 unspecified atom stereocenters. The first-order valence-electron chi connectivity index (χ1n) is 5.07. The normalized spacial score (nSPS) is 39.7. The molecular formula is C10H18O6. The van der Waals surface area contributed by atoms with Crippen molar-refractivity contribution in [1.29, 1.82) is 0 Å². The largest absolute Gasteiger partial charge is 0.387 e. The average Bonchev–Trinajstić information content (AvgIpc) is 2.23. The first kappa shape index (κ1) is 13.5. The molecule has 1 aliphatic rings. The van der Waals surface area contributed by atoms with Crippen molar-refractivity contribution < 1.29 is 29.2 Å². The van der Waals surface area contributed by atoms with E-state index in [1.54, 1.807) is 0 Å². The molecule has 0 bridgehead atoms. The number of aliphatic hydroxyl groups is 2. The summed E-state index contributed by atoms with van der Waals surface area (Å²) >= 11 is 0. The molecule has 1 heterocycles. The summed E-state index contributed by atoms with van der Waals surface area (Å²) < 4.78 is 15.3. The fourth-order valence-electron chi connectivity index (χ4n) is 1.84. The molecule has 16 heavy (non-hydrogen) atoms. The van der Waals surface area contributed by atoms with Crippen molar-refractivity contribution in [3.05, 3.63) is 0 Å². The van der Waals surface area contributed by atoms with Crippen molar-refractivity contribution in [3.8, 4) is 0 Å². The molecule has 0 aromatic heterocycles. The summed E-state index contributed by atoms with van der Waals surface area (Å²) in [6.07, 6.45) is -4.48. The quantitative estimate of drug-likeness (QED) is 0.654. The van der Waals surface area contributed by atoms with Crippen LogP contribution in [0.5, 0.6) is 0 Å². The Hall–Kier alpha value is -0.530. The molecule has 0 spiro atoms. The topological polar surface area (TPSA) is 85.2 Å². The average molecular weight is 234 g/mol. The second-order valence-electron chi connectivity index (χ2n) is 3.87. The van der Waals surface area contributed by atoms with Gasteiger partial charge in [-0.1, -0.05) is 0 Å². The maximum absolute atomic E-state index is 11.0. The van der Waals surface area contributed by atoms with Gasteiger partial charge in [0.15, 0.2) is 6.29 Å². The predicted octanol–water partition coefficient (Wildman–Crippen LogP) is -0.926. The minimum Gasteiger partial charge on any atom is -0.387 e. The lowest BCUT2D eigenvalue weighted by Gasteiger charge is -2.41. The third-order valence-corrected chi connectivity index (χ3v) is 2.63. The van der Waals surface area contributed by atoms with Crippen LogP contribution in [-0.2, 0) is 19.0 Å². The van der Waals surface area contributed by atoms with E-state index in [4.69, 9.17) is 14.2 Å². The summed E-state index contributed by atoms with van der Waals surface area (Å²) in [6, 6.07) is 0. The zero-order valence-corrected chi connectivity index (χ0v) is 9.62. The highest BCUT2D eigenvalue weighted by molar-refractivity contribution is 5.76. The van der Waals surface area contributed by atoms with Crippen LogP contribution in [0.4, 0.5) is 0 Å². The van der Waals surface area contributed by atoms with Crippen LogP contribution in [0.1, 0.15) is 13.3 Å². The molecule has 1 aliphatic heterocycles. The molecular weight excluding hydrogens is 216 g/mol. The van der Waals surface area contributed by atoms with Crippen LogP contribution in [-0.4, -0.2) is 60.9 Å². The number of aliphatic hydroxyl groups excluding tert-OH is 2. The molecule has 94 valence electrons. The van der Waals surface area contributed by atoms with E-state index in [0.29, 0.717) is 0 Å². The molecule has 6 heteroatoms. The number of ether oxygens (including phenoxy) is 3. The molecule has 6 nitrogen and oxygen atoms in total. The van der Waals surface area contributed by atoms with Gasteiger partial charge in [-0.05, 0) is 6.92 Å². The summed E-state index contributed by atoms with van der Waals surface area (Å²) in [5, 5.41) is 19.4. The van der Waals surface area contributed by atoms with Crippen LogP contribution in [0.15, 0.2) is 0 Å². The number of rotatable bonds is 4. The minimum atomic E-state index is -1.18. The zero-order valence-electron chi connectivity index (χ0n) is 9.62. The van der Waals surface area contributed by atoms with Crippen LogP contribution in [0, 0.1) is 0 Å². The lowest BCUT2D eigenvalue weighted by atomic mass is 9.95. The van der Waals surface area contributed by atoms with E-state index >= 15 is 0 Å². The van der Waals surface area contributed by atoms with Gasteiger partial charge in [0.05, 0.1) is 6.10 Å². The molecule has 0 saturated carbocycles. The minimum absolute atomic E-state index is 0.0782. The van der Waals surface area contributed by atoms with Gasteiger partial charge in [0, 0.05) is 20.6 Å². The van der Waals surface area contributed by atoms with Gasteiger partial charge in [0.1, 0.15) is 24.1 Å². The summed E-state index contributed by atoms with van der Waals surface area (Å²) in [4.78, 5) is 11.0. The molecule has 1 rings (SSSR count). The molecule has 1 fully saturated rings. The van der Waals surface area contributed by atoms with E-state index in [2.05, 4.69) is 0 Å². The summed E-state index contributed by atoms with van der Waals surface area (Å²) in [5.41, 5.74) is 0. The van der Waals surface area contributed by atoms with Gasteiger partial charge in [0.25, 0.3) is 0 Å². The van der Waals surface area contributed by atoms with Gasteiger partial charge in [0.2, 0.25) is 0 Å². The Morgan fingerprint density at radius 1 is 1.25 bits per heavy atom. The van der Waals surface area contributed by atoms with Crippen molar-refractivity contribution in [1.82, 2.24) is 0 Å². The fourth-order valence-corrected chi connectivity index (χ4v) is 1.84. The Kier molecular flexibility index (Phi) is 4.82. The monoisotopic (exact) mass is 234 g/mol.